The molecule has 4 aromatic rings. The van der Waals surface area contributed by atoms with E-state index >= 15 is 0 Å². The molecule has 1 N–H and O–H groups in total. The number of aliphatic imine (C=N–C) groups is 1. The Morgan fingerprint density at radius 3 is 2.09 bits per heavy atom. The van der Waals surface area contributed by atoms with Gasteiger partial charge in [-0.3, -0.25) is 0 Å². The minimum atomic E-state index is 0.807. The maximum Gasteiger partial charge on any atom is 0.128 e. The van der Waals surface area contributed by atoms with Gasteiger partial charge >= 0.3 is 0 Å². The van der Waals surface area contributed by atoms with Crippen molar-refractivity contribution in [3.63, 3.8) is 0 Å². The molecule has 5 heteroatoms. The molecular weight excluding hydrogens is 535 g/mol. The van der Waals surface area contributed by atoms with Crippen LogP contribution >= 0.6 is 22.6 Å². The third kappa shape index (κ3) is 4.31. The summed E-state index contributed by atoms with van der Waals surface area (Å²) in [5, 5.41) is 0. The molecule has 0 spiro atoms. The van der Waals surface area contributed by atoms with Crippen molar-refractivity contribution in [3.8, 4) is 22.8 Å². The maximum atomic E-state index is 5.57. The molecule has 0 amide bonds. The zero-order valence-electron chi connectivity index (χ0n) is 18.9. The molecule has 2 heterocycles. The van der Waals surface area contributed by atoms with Crippen molar-refractivity contribution in [1.29, 1.82) is 0 Å². The summed E-state index contributed by atoms with van der Waals surface area (Å²) in [6.45, 7) is 0. The lowest BCUT2D eigenvalue weighted by Gasteiger charge is -2.10. The molecule has 0 saturated carbocycles. The zero-order chi connectivity index (χ0) is 23.5. The number of aromatic nitrogens is 1. The van der Waals surface area contributed by atoms with Crippen LogP contribution < -0.4 is 9.47 Å². The topological polar surface area (TPSA) is 46.6 Å². The van der Waals surface area contributed by atoms with Gasteiger partial charge in [0.25, 0.3) is 0 Å². The number of aromatic amines is 1. The van der Waals surface area contributed by atoms with Gasteiger partial charge in [0.1, 0.15) is 11.5 Å². The summed E-state index contributed by atoms with van der Waals surface area (Å²) in [4.78, 5) is 8.62. The van der Waals surface area contributed by atoms with Gasteiger partial charge in [0, 0.05) is 31.7 Å². The number of nitrogens with one attached hydrogen (secondary N) is 1. The van der Waals surface area contributed by atoms with E-state index in [2.05, 4.69) is 76.1 Å². The number of H-pyrrole nitrogens is 1. The summed E-state index contributed by atoms with van der Waals surface area (Å²) < 4.78 is 12.3. The van der Waals surface area contributed by atoms with E-state index in [1.54, 1.807) is 14.2 Å². The molecule has 0 bridgehead atoms. The van der Waals surface area contributed by atoms with E-state index in [9.17, 15) is 0 Å². The van der Waals surface area contributed by atoms with Crippen LogP contribution in [0.2, 0.25) is 0 Å². The van der Waals surface area contributed by atoms with Crippen LogP contribution in [0.5, 0.6) is 11.5 Å². The van der Waals surface area contributed by atoms with Crippen LogP contribution in [-0.4, -0.2) is 24.9 Å². The molecule has 0 saturated heterocycles. The highest BCUT2D eigenvalue weighted by Crippen LogP contribution is 2.35. The van der Waals surface area contributed by atoms with Crippen LogP contribution in [0.25, 0.3) is 16.8 Å². The molecule has 0 fully saturated rings. The second kappa shape index (κ2) is 9.73. The Hall–Kier alpha value is -3.58. The van der Waals surface area contributed by atoms with E-state index in [-0.39, 0.29) is 0 Å². The molecule has 3 aromatic carbocycles. The first-order chi connectivity index (χ1) is 16.7. The van der Waals surface area contributed by atoms with Crippen molar-refractivity contribution >= 4 is 33.9 Å². The molecule has 0 atom stereocenters. The predicted molar refractivity (Wildman–Crippen MR) is 147 cm³/mol. The summed E-state index contributed by atoms with van der Waals surface area (Å²) in [7, 11) is 3.38. The molecule has 5 rings (SSSR count). The van der Waals surface area contributed by atoms with Crippen molar-refractivity contribution in [2.45, 2.75) is 0 Å². The predicted octanol–water partition coefficient (Wildman–Crippen LogP) is 7.12. The molecule has 168 valence electrons. The number of halogens is 1. The molecule has 1 aliphatic rings. The Labute approximate surface area is 212 Å². The van der Waals surface area contributed by atoms with Crippen molar-refractivity contribution < 1.29 is 9.47 Å². The van der Waals surface area contributed by atoms with Crippen LogP contribution in [0, 0.1) is 3.57 Å². The number of hydrogen-bond donors (Lipinski definition) is 1. The van der Waals surface area contributed by atoms with Gasteiger partial charge in [-0.05, 0) is 88.8 Å². The van der Waals surface area contributed by atoms with Crippen LogP contribution in [0.15, 0.2) is 108 Å². The lowest BCUT2D eigenvalue weighted by Crippen LogP contribution is -1.98. The lowest BCUT2D eigenvalue weighted by atomic mass is 10.0. The number of ether oxygens (including phenoxy) is 2. The Bertz CT molecular complexity index is 1430. The summed E-state index contributed by atoms with van der Waals surface area (Å²) in [5.74, 6) is 1.64. The highest BCUT2D eigenvalue weighted by Gasteiger charge is 2.19. The molecule has 1 aliphatic heterocycles. The molecular formula is C29H23IN2O2. The van der Waals surface area contributed by atoms with E-state index in [0.717, 1.165) is 56.6 Å². The maximum absolute atomic E-state index is 5.57. The fraction of sp³-hybridized carbons (Fsp3) is 0.0690. The van der Waals surface area contributed by atoms with Gasteiger partial charge in [-0.2, -0.15) is 0 Å². The van der Waals surface area contributed by atoms with E-state index < -0.39 is 0 Å². The summed E-state index contributed by atoms with van der Waals surface area (Å²) in [6, 6.07) is 28.7. The van der Waals surface area contributed by atoms with Gasteiger partial charge < -0.3 is 14.5 Å². The van der Waals surface area contributed by atoms with Crippen molar-refractivity contribution in [2.75, 3.05) is 14.2 Å². The summed E-state index contributed by atoms with van der Waals surface area (Å²) >= 11 is 2.33. The van der Waals surface area contributed by atoms with E-state index in [1.807, 2.05) is 48.5 Å². The standard InChI is InChI=1S/C29H23IN2O2/c1-33-27-9-5-3-7-21(27)23-15-17-25(31-23)29(19-11-13-20(30)14-12-19)26-18-16-24(32-26)22-8-4-6-10-28(22)34-2/h3-18,31H,1-2H3/b29-26-. The normalized spacial score (nSPS) is 14.1. The SMILES string of the molecule is COc1ccccc1C1=N/C(=C(/c2ccc(I)cc2)c2ccc(-c3ccccc3OC)[nH]2)C=C1. The fourth-order valence-corrected chi connectivity index (χ4v) is 4.49. The first-order valence-corrected chi connectivity index (χ1v) is 12.0. The monoisotopic (exact) mass is 558 g/mol. The third-order valence-electron chi connectivity index (χ3n) is 5.76. The summed E-state index contributed by atoms with van der Waals surface area (Å²) in [5.41, 5.74) is 7.89. The van der Waals surface area contributed by atoms with E-state index in [4.69, 9.17) is 14.5 Å². The number of benzene rings is 3. The van der Waals surface area contributed by atoms with Gasteiger partial charge in [-0.25, -0.2) is 4.99 Å². The molecule has 1 aromatic heterocycles. The van der Waals surface area contributed by atoms with Crippen molar-refractivity contribution in [3.05, 3.63) is 123 Å². The van der Waals surface area contributed by atoms with Crippen molar-refractivity contribution in [1.82, 2.24) is 4.98 Å². The number of para-hydroxylation sites is 2. The average molecular weight is 558 g/mol. The first kappa shape index (κ1) is 22.2. The van der Waals surface area contributed by atoms with Crippen molar-refractivity contribution in [2.24, 2.45) is 4.99 Å². The zero-order valence-corrected chi connectivity index (χ0v) is 21.0. The van der Waals surface area contributed by atoms with E-state index in [0.29, 0.717) is 0 Å². The van der Waals surface area contributed by atoms with Gasteiger partial charge in [0.2, 0.25) is 0 Å². The Kier molecular flexibility index (Phi) is 6.36. The lowest BCUT2D eigenvalue weighted by molar-refractivity contribution is 0.414. The second-order valence-corrected chi connectivity index (χ2v) is 9.03. The second-order valence-electron chi connectivity index (χ2n) is 7.78. The quantitative estimate of drug-likeness (QED) is 0.256. The van der Waals surface area contributed by atoms with Gasteiger partial charge in [-0.15, -0.1) is 0 Å². The largest absolute Gasteiger partial charge is 0.496 e. The summed E-state index contributed by atoms with van der Waals surface area (Å²) in [6.07, 6.45) is 4.11. The molecule has 0 radical (unpaired) electrons. The van der Waals surface area contributed by atoms with Crippen LogP contribution in [-0.2, 0) is 0 Å². The fourth-order valence-electron chi connectivity index (χ4n) is 4.13. The number of nitrogens with zero attached hydrogens (tertiary/aromatic N) is 1. The van der Waals surface area contributed by atoms with Gasteiger partial charge in [0.05, 0.1) is 25.6 Å². The van der Waals surface area contributed by atoms with Crippen LogP contribution in [0.3, 0.4) is 0 Å². The minimum absolute atomic E-state index is 0.807. The molecule has 4 nitrogen and oxygen atoms in total. The highest BCUT2D eigenvalue weighted by atomic mass is 127. The highest BCUT2D eigenvalue weighted by molar-refractivity contribution is 14.1. The molecule has 0 aliphatic carbocycles. The van der Waals surface area contributed by atoms with Crippen LogP contribution in [0.1, 0.15) is 16.8 Å². The minimum Gasteiger partial charge on any atom is -0.496 e. The Morgan fingerprint density at radius 2 is 1.38 bits per heavy atom. The first-order valence-electron chi connectivity index (χ1n) is 10.9. The molecule has 0 unspecified atom stereocenters. The number of methoxy groups -OCH3 is 2. The number of hydrogen-bond acceptors (Lipinski definition) is 3. The van der Waals surface area contributed by atoms with E-state index in [1.165, 1.54) is 3.57 Å². The van der Waals surface area contributed by atoms with Gasteiger partial charge in [-0.1, -0.05) is 36.4 Å². The Morgan fingerprint density at radius 1 is 0.735 bits per heavy atom. The smallest absolute Gasteiger partial charge is 0.128 e. The number of rotatable bonds is 6. The van der Waals surface area contributed by atoms with Gasteiger partial charge in [0.15, 0.2) is 0 Å². The number of allylic oxidation sites excluding steroid dienone is 2. The third-order valence-corrected chi connectivity index (χ3v) is 6.48. The Balaban J connectivity index is 1.65. The molecule has 34 heavy (non-hydrogen) atoms. The van der Waals surface area contributed by atoms with Crippen LogP contribution in [0.4, 0.5) is 0 Å². The average Bonchev–Trinajstić information content (AvgIpc) is 3.56.